The van der Waals surface area contributed by atoms with E-state index in [0.717, 1.165) is 5.56 Å². The van der Waals surface area contributed by atoms with Crippen LogP contribution in [0.1, 0.15) is 21.5 Å². The minimum Gasteiger partial charge on any atom is -0.495 e. The van der Waals surface area contributed by atoms with E-state index in [1.165, 1.54) is 43.7 Å². The second-order valence-corrected chi connectivity index (χ2v) is 6.56. The van der Waals surface area contributed by atoms with Crippen molar-refractivity contribution in [2.75, 3.05) is 7.11 Å². The highest BCUT2D eigenvalue weighted by Gasteiger charge is 2.18. The van der Waals surface area contributed by atoms with Crippen LogP contribution in [0, 0.1) is 6.92 Å². The van der Waals surface area contributed by atoms with Crippen LogP contribution < -0.4 is 9.57 Å². The predicted octanol–water partition coefficient (Wildman–Crippen LogP) is 2.01. The molecule has 0 saturated heterocycles. The number of hydrogen-bond donors (Lipinski definition) is 2. The first-order valence-electron chi connectivity index (χ1n) is 6.86. The maximum atomic E-state index is 12.3. The van der Waals surface area contributed by atoms with Crippen LogP contribution in [0.3, 0.4) is 0 Å². The lowest BCUT2D eigenvalue weighted by atomic mass is 10.1. The molecule has 126 valence electrons. The largest absolute Gasteiger partial charge is 0.495 e. The van der Waals surface area contributed by atoms with Crippen LogP contribution >= 0.6 is 0 Å². The molecule has 0 aromatic heterocycles. The van der Waals surface area contributed by atoms with Crippen LogP contribution in [0.5, 0.6) is 5.75 Å². The molecule has 2 N–H and O–H groups in total. The molecule has 0 atom stereocenters. The topological polar surface area (TPSA) is 105 Å². The van der Waals surface area contributed by atoms with Gasteiger partial charge in [-0.25, -0.2) is 4.79 Å². The van der Waals surface area contributed by atoms with Crippen molar-refractivity contribution in [3.05, 3.63) is 59.2 Å². The molecule has 8 heteroatoms. The number of aryl methyl sites for hydroxylation is 1. The standard InChI is InChI=1S/C16H16N2O5S/c1-11-3-8-14(23-2)15(9-11)24(21,22)18-17-10-12-4-6-13(7-5-12)16(19)20/h3-10,18H,1-2H3,(H,19,20)/b17-10+. The van der Waals surface area contributed by atoms with E-state index in [4.69, 9.17) is 9.84 Å². The van der Waals surface area contributed by atoms with E-state index in [1.807, 2.05) is 0 Å². The fourth-order valence-corrected chi connectivity index (χ4v) is 2.97. The second-order valence-electron chi connectivity index (χ2n) is 4.93. The summed E-state index contributed by atoms with van der Waals surface area (Å²) in [4.78, 5) is 12.9. The molecule has 0 unspecified atom stereocenters. The summed E-state index contributed by atoms with van der Waals surface area (Å²) in [7, 11) is -2.50. The fourth-order valence-electron chi connectivity index (χ4n) is 1.93. The highest BCUT2D eigenvalue weighted by molar-refractivity contribution is 7.89. The molecule has 0 heterocycles. The number of ether oxygens (including phenoxy) is 1. The highest BCUT2D eigenvalue weighted by Crippen LogP contribution is 2.24. The number of sulfonamides is 1. The SMILES string of the molecule is COc1ccc(C)cc1S(=O)(=O)N/N=C/c1ccc(C(=O)O)cc1. The number of hydrogen-bond acceptors (Lipinski definition) is 5. The Morgan fingerprint density at radius 3 is 2.46 bits per heavy atom. The van der Waals surface area contributed by atoms with Crippen molar-refractivity contribution in [2.24, 2.45) is 5.10 Å². The van der Waals surface area contributed by atoms with Gasteiger partial charge in [0.25, 0.3) is 10.0 Å². The summed E-state index contributed by atoms with van der Waals surface area (Å²) in [5, 5.41) is 12.5. The number of nitrogens with one attached hydrogen (secondary N) is 1. The van der Waals surface area contributed by atoms with Gasteiger partial charge in [-0.2, -0.15) is 18.4 Å². The monoisotopic (exact) mass is 348 g/mol. The number of carboxylic acids is 1. The van der Waals surface area contributed by atoms with E-state index in [1.54, 1.807) is 19.1 Å². The molecule has 2 aromatic rings. The fraction of sp³-hybridized carbons (Fsp3) is 0.125. The first-order valence-corrected chi connectivity index (χ1v) is 8.34. The Bertz CT molecular complexity index is 874. The minimum absolute atomic E-state index is 0.0108. The highest BCUT2D eigenvalue weighted by atomic mass is 32.2. The van der Waals surface area contributed by atoms with Crippen molar-refractivity contribution in [1.29, 1.82) is 0 Å². The Morgan fingerprint density at radius 1 is 1.21 bits per heavy atom. The smallest absolute Gasteiger partial charge is 0.335 e. The Morgan fingerprint density at radius 2 is 1.88 bits per heavy atom. The Balaban J connectivity index is 2.18. The number of aromatic carboxylic acids is 1. The summed E-state index contributed by atoms with van der Waals surface area (Å²) in [5.74, 6) is -0.820. The quantitative estimate of drug-likeness (QED) is 0.614. The van der Waals surface area contributed by atoms with Gasteiger partial charge >= 0.3 is 5.97 Å². The van der Waals surface area contributed by atoms with Crippen molar-refractivity contribution in [3.8, 4) is 5.75 Å². The Hall–Kier alpha value is -2.87. The Labute approximate surface area is 139 Å². The third-order valence-corrected chi connectivity index (χ3v) is 4.40. The van der Waals surface area contributed by atoms with Gasteiger partial charge in [0.15, 0.2) is 0 Å². The maximum absolute atomic E-state index is 12.3. The second kappa shape index (κ2) is 7.14. The normalized spacial score (nSPS) is 11.4. The summed E-state index contributed by atoms with van der Waals surface area (Å²) in [6.07, 6.45) is 1.28. The molecule has 0 aliphatic heterocycles. The molecule has 0 amide bonds. The summed E-state index contributed by atoms with van der Waals surface area (Å²) in [5.41, 5.74) is 1.46. The van der Waals surface area contributed by atoms with Crippen molar-refractivity contribution in [2.45, 2.75) is 11.8 Å². The van der Waals surface area contributed by atoms with Crippen LogP contribution in [0.4, 0.5) is 0 Å². The summed E-state index contributed by atoms with van der Waals surface area (Å²) >= 11 is 0. The lowest BCUT2D eigenvalue weighted by Gasteiger charge is -2.09. The van der Waals surface area contributed by atoms with E-state index in [0.29, 0.717) is 5.56 Å². The lowest BCUT2D eigenvalue weighted by molar-refractivity contribution is 0.0697. The molecule has 0 spiro atoms. The molecule has 0 aliphatic rings. The van der Waals surface area contributed by atoms with Gasteiger partial charge in [0.05, 0.1) is 18.9 Å². The predicted molar refractivity (Wildman–Crippen MR) is 89.0 cm³/mol. The van der Waals surface area contributed by atoms with Crippen LogP contribution in [0.15, 0.2) is 52.5 Å². The molecule has 0 aliphatic carbocycles. The van der Waals surface area contributed by atoms with Crippen molar-refractivity contribution < 1.29 is 23.1 Å². The zero-order valence-corrected chi connectivity index (χ0v) is 13.9. The number of benzene rings is 2. The Kier molecular flexibility index (Phi) is 5.20. The molecule has 0 radical (unpaired) electrons. The molecule has 24 heavy (non-hydrogen) atoms. The minimum atomic E-state index is -3.88. The van der Waals surface area contributed by atoms with Gasteiger partial charge in [0.2, 0.25) is 0 Å². The van der Waals surface area contributed by atoms with Crippen molar-refractivity contribution in [1.82, 2.24) is 4.83 Å². The number of hydrazone groups is 1. The van der Waals surface area contributed by atoms with Gasteiger partial charge in [-0.1, -0.05) is 18.2 Å². The van der Waals surface area contributed by atoms with Crippen LogP contribution in [0.2, 0.25) is 0 Å². The molecular weight excluding hydrogens is 332 g/mol. The zero-order valence-electron chi connectivity index (χ0n) is 13.1. The van der Waals surface area contributed by atoms with Crippen LogP contribution in [0.25, 0.3) is 0 Å². The van der Waals surface area contributed by atoms with Crippen LogP contribution in [-0.2, 0) is 10.0 Å². The number of rotatable bonds is 6. The molecular formula is C16H16N2O5S. The number of methoxy groups -OCH3 is 1. The number of nitrogens with zero attached hydrogens (tertiary/aromatic N) is 1. The molecule has 0 bridgehead atoms. The van der Waals surface area contributed by atoms with Crippen molar-refractivity contribution >= 4 is 22.2 Å². The van der Waals surface area contributed by atoms with E-state index >= 15 is 0 Å². The lowest BCUT2D eigenvalue weighted by Crippen LogP contribution is -2.19. The van der Waals surface area contributed by atoms with E-state index in [9.17, 15) is 13.2 Å². The van der Waals surface area contributed by atoms with Crippen molar-refractivity contribution in [3.63, 3.8) is 0 Å². The molecule has 2 rings (SSSR count). The van der Waals surface area contributed by atoms with E-state index < -0.39 is 16.0 Å². The van der Waals surface area contributed by atoms with Gasteiger partial charge in [0, 0.05) is 0 Å². The number of carbonyl (C=O) groups is 1. The van der Waals surface area contributed by atoms with Gasteiger partial charge in [-0.05, 0) is 42.3 Å². The van der Waals surface area contributed by atoms with Gasteiger partial charge in [-0.3, -0.25) is 0 Å². The summed E-state index contributed by atoms with van der Waals surface area (Å²) in [6, 6.07) is 10.6. The van der Waals surface area contributed by atoms with Crippen LogP contribution in [-0.4, -0.2) is 32.8 Å². The first kappa shape index (κ1) is 17.5. The third kappa shape index (κ3) is 4.11. The van der Waals surface area contributed by atoms with E-state index in [-0.39, 0.29) is 16.2 Å². The summed E-state index contributed by atoms with van der Waals surface area (Å²) < 4.78 is 29.7. The average molecular weight is 348 g/mol. The van der Waals surface area contributed by atoms with E-state index in [2.05, 4.69) is 9.93 Å². The van der Waals surface area contributed by atoms with Gasteiger partial charge < -0.3 is 9.84 Å². The average Bonchev–Trinajstić information content (AvgIpc) is 2.55. The summed E-state index contributed by atoms with van der Waals surface area (Å²) in [6.45, 7) is 1.77. The third-order valence-electron chi connectivity index (χ3n) is 3.15. The zero-order chi connectivity index (χ0) is 17.7. The molecule has 0 fully saturated rings. The number of carboxylic acid groups (broad SMARTS) is 1. The first-order chi connectivity index (χ1) is 11.3. The van der Waals surface area contributed by atoms with Gasteiger partial charge in [-0.15, -0.1) is 0 Å². The molecule has 0 saturated carbocycles. The maximum Gasteiger partial charge on any atom is 0.335 e. The molecule has 7 nitrogen and oxygen atoms in total. The van der Waals surface area contributed by atoms with Gasteiger partial charge in [0.1, 0.15) is 10.6 Å². The molecule has 2 aromatic carbocycles.